The van der Waals surface area contributed by atoms with Crippen molar-refractivity contribution >= 4 is 17.0 Å². The van der Waals surface area contributed by atoms with Crippen LogP contribution in [0.2, 0.25) is 0 Å². The normalized spacial score (nSPS) is 13.0. The third-order valence-corrected chi connectivity index (χ3v) is 4.19. The molecule has 0 aliphatic carbocycles. The number of aryl methyl sites for hydroxylation is 1. The molecule has 0 bridgehead atoms. The van der Waals surface area contributed by atoms with Gasteiger partial charge in [-0.3, -0.25) is 0 Å². The Hall–Kier alpha value is -1.76. The number of nitrogens with zero attached hydrogens (tertiary/aromatic N) is 1. The summed E-state index contributed by atoms with van der Waals surface area (Å²) in [6.45, 7) is 3.65. The van der Waals surface area contributed by atoms with E-state index in [4.69, 9.17) is 4.74 Å². The molecule has 0 spiro atoms. The molecule has 2 aromatic rings. The maximum Gasteiger partial charge on any atom is 0.418 e. The van der Waals surface area contributed by atoms with Crippen molar-refractivity contribution in [3.05, 3.63) is 39.8 Å². The van der Waals surface area contributed by atoms with Crippen LogP contribution in [0.25, 0.3) is 0 Å². The van der Waals surface area contributed by atoms with Crippen LogP contribution in [0.4, 0.5) is 18.9 Å². The molecule has 0 fully saturated rings. The molecule has 0 saturated carbocycles. The molecule has 114 valence electrons. The monoisotopic (exact) mass is 316 g/mol. The van der Waals surface area contributed by atoms with E-state index in [1.165, 1.54) is 30.6 Å². The lowest BCUT2D eigenvalue weighted by Crippen LogP contribution is -2.13. The smallest absolute Gasteiger partial charge is 0.418 e. The Morgan fingerprint density at radius 3 is 2.57 bits per heavy atom. The molecule has 1 aromatic heterocycles. The quantitative estimate of drug-likeness (QED) is 0.891. The summed E-state index contributed by atoms with van der Waals surface area (Å²) >= 11 is 1.42. The fraction of sp³-hybridized carbons (Fsp3) is 0.357. The van der Waals surface area contributed by atoms with Crippen LogP contribution in [0.5, 0.6) is 5.75 Å². The zero-order valence-electron chi connectivity index (χ0n) is 11.8. The maximum atomic E-state index is 13.1. The topological polar surface area (TPSA) is 34.1 Å². The molecule has 7 heteroatoms. The third kappa shape index (κ3) is 3.47. The lowest BCUT2D eigenvalue weighted by atomic mass is 10.1. The predicted molar refractivity (Wildman–Crippen MR) is 76.9 cm³/mol. The summed E-state index contributed by atoms with van der Waals surface area (Å²) in [5, 5.41) is 2.91. The number of anilines is 1. The van der Waals surface area contributed by atoms with Gasteiger partial charge in [-0.1, -0.05) is 0 Å². The number of hydrogen-bond donors (Lipinski definition) is 1. The van der Waals surface area contributed by atoms with Gasteiger partial charge in [0.25, 0.3) is 0 Å². The average Bonchev–Trinajstić information content (AvgIpc) is 2.84. The van der Waals surface area contributed by atoms with Gasteiger partial charge in [-0.05, 0) is 32.0 Å². The van der Waals surface area contributed by atoms with E-state index in [0.29, 0.717) is 0 Å². The Morgan fingerprint density at radius 1 is 1.33 bits per heavy atom. The van der Waals surface area contributed by atoms with E-state index in [9.17, 15) is 13.2 Å². The molecule has 3 nitrogen and oxygen atoms in total. The summed E-state index contributed by atoms with van der Waals surface area (Å²) < 4.78 is 44.3. The van der Waals surface area contributed by atoms with Crippen LogP contribution in [0, 0.1) is 6.92 Å². The number of aromatic nitrogens is 1. The number of alkyl halides is 3. The van der Waals surface area contributed by atoms with E-state index in [1.807, 2.05) is 13.8 Å². The van der Waals surface area contributed by atoms with E-state index in [0.717, 1.165) is 16.6 Å². The molecule has 1 aromatic carbocycles. The van der Waals surface area contributed by atoms with Crippen molar-refractivity contribution in [3.63, 3.8) is 0 Å². The standard InChI is InChI=1S/C14H15F3N2OS/c1-8-13(21-7-18-8)9(2)19-12-5-4-10(20-3)6-11(12)14(15,16)17/h4-7,9,19H,1-3H3. The first-order chi connectivity index (χ1) is 9.82. The van der Waals surface area contributed by atoms with Gasteiger partial charge in [-0.2, -0.15) is 13.2 Å². The van der Waals surface area contributed by atoms with Crippen LogP contribution in [-0.4, -0.2) is 12.1 Å². The Balaban J connectivity index is 2.33. The van der Waals surface area contributed by atoms with Gasteiger partial charge in [0.1, 0.15) is 5.75 Å². The Kier molecular flexibility index (Phi) is 4.41. The molecule has 0 amide bonds. The van der Waals surface area contributed by atoms with Gasteiger partial charge in [0.2, 0.25) is 0 Å². The number of thiazole rings is 1. The minimum atomic E-state index is -4.45. The fourth-order valence-corrected chi connectivity index (χ4v) is 2.85. The zero-order chi connectivity index (χ0) is 15.6. The first-order valence-electron chi connectivity index (χ1n) is 6.24. The molecular formula is C14H15F3N2OS. The number of hydrogen-bond acceptors (Lipinski definition) is 4. The Morgan fingerprint density at radius 2 is 2.05 bits per heavy atom. The molecule has 1 unspecified atom stereocenters. The highest BCUT2D eigenvalue weighted by molar-refractivity contribution is 7.09. The van der Waals surface area contributed by atoms with Crippen LogP contribution < -0.4 is 10.1 Å². The van der Waals surface area contributed by atoms with Gasteiger partial charge in [-0.25, -0.2) is 4.98 Å². The molecule has 0 saturated heterocycles. The summed E-state index contributed by atoms with van der Waals surface area (Å²) in [6, 6.07) is 3.62. The predicted octanol–water partition coefficient (Wildman–Crippen LogP) is 4.65. The van der Waals surface area contributed by atoms with Crippen molar-refractivity contribution in [3.8, 4) is 5.75 Å². The minimum absolute atomic E-state index is 0.0311. The van der Waals surface area contributed by atoms with Crippen LogP contribution in [0.15, 0.2) is 23.7 Å². The van der Waals surface area contributed by atoms with Crippen molar-refractivity contribution in [2.24, 2.45) is 0 Å². The van der Waals surface area contributed by atoms with Crippen LogP contribution >= 0.6 is 11.3 Å². The second-order valence-electron chi connectivity index (χ2n) is 4.58. The third-order valence-electron chi connectivity index (χ3n) is 3.08. The first-order valence-corrected chi connectivity index (χ1v) is 7.12. The lowest BCUT2D eigenvalue weighted by Gasteiger charge is -2.19. The van der Waals surface area contributed by atoms with E-state index in [1.54, 1.807) is 5.51 Å². The number of rotatable bonds is 4. The minimum Gasteiger partial charge on any atom is -0.497 e. The summed E-state index contributed by atoms with van der Waals surface area (Å²) in [4.78, 5) is 5.03. The molecule has 1 N–H and O–H groups in total. The number of ether oxygens (including phenoxy) is 1. The molecular weight excluding hydrogens is 301 g/mol. The average molecular weight is 316 g/mol. The van der Waals surface area contributed by atoms with Gasteiger partial charge in [-0.15, -0.1) is 11.3 Å². The molecule has 0 aliphatic rings. The maximum absolute atomic E-state index is 13.1. The Labute approximate surface area is 124 Å². The molecule has 2 rings (SSSR count). The van der Waals surface area contributed by atoms with Crippen molar-refractivity contribution in [1.82, 2.24) is 4.98 Å². The number of benzene rings is 1. The molecule has 1 heterocycles. The lowest BCUT2D eigenvalue weighted by molar-refractivity contribution is -0.137. The van der Waals surface area contributed by atoms with Crippen LogP contribution in [0.1, 0.15) is 29.1 Å². The summed E-state index contributed by atoms with van der Waals surface area (Å²) in [5.74, 6) is 0.175. The summed E-state index contributed by atoms with van der Waals surface area (Å²) in [7, 11) is 1.34. The zero-order valence-corrected chi connectivity index (χ0v) is 12.6. The second kappa shape index (κ2) is 5.93. The van der Waals surface area contributed by atoms with Gasteiger partial charge < -0.3 is 10.1 Å². The molecule has 21 heavy (non-hydrogen) atoms. The SMILES string of the molecule is COc1ccc(NC(C)c2scnc2C)c(C(F)(F)F)c1. The van der Waals surface area contributed by atoms with Gasteiger partial charge in [0.15, 0.2) is 0 Å². The highest BCUT2D eigenvalue weighted by Gasteiger charge is 2.34. The van der Waals surface area contributed by atoms with Gasteiger partial charge in [0.05, 0.1) is 29.9 Å². The highest BCUT2D eigenvalue weighted by atomic mass is 32.1. The molecule has 0 radical (unpaired) electrons. The van der Waals surface area contributed by atoms with E-state index >= 15 is 0 Å². The van der Waals surface area contributed by atoms with E-state index < -0.39 is 11.7 Å². The molecule has 0 aliphatic heterocycles. The van der Waals surface area contributed by atoms with Crippen molar-refractivity contribution < 1.29 is 17.9 Å². The van der Waals surface area contributed by atoms with Crippen molar-refractivity contribution in [2.75, 3.05) is 12.4 Å². The van der Waals surface area contributed by atoms with Crippen molar-refractivity contribution in [1.29, 1.82) is 0 Å². The van der Waals surface area contributed by atoms with Crippen molar-refractivity contribution in [2.45, 2.75) is 26.1 Å². The number of halogens is 3. The Bertz CT molecular complexity index is 625. The largest absolute Gasteiger partial charge is 0.497 e. The van der Waals surface area contributed by atoms with E-state index in [2.05, 4.69) is 10.3 Å². The van der Waals surface area contributed by atoms with Gasteiger partial charge >= 0.3 is 6.18 Å². The highest BCUT2D eigenvalue weighted by Crippen LogP contribution is 2.38. The van der Waals surface area contributed by atoms with Crippen LogP contribution in [0.3, 0.4) is 0 Å². The number of methoxy groups -OCH3 is 1. The second-order valence-corrected chi connectivity index (χ2v) is 5.46. The fourth-order valence-electron chi connectivity index (χ4n) is 2.04. The van der Waals surface area contributed by atoms with Gasteiger partial charge in [0, 0.05) is 10.6 Å². The van der Waals surface area contributed by atoms with E-state index in [-0.39, 0.29) is 17.5 Å². The summed E-state index contributed by atoms with van der Waals surface area (Å²) in [5.41, 5.74) is 1.79. The summed E-state index contributed by atoms with van der Waals surface area (Å²) in [6.07, 6.45) is -4.45. The first kappa shape index (κ1) is 15.6. The number of nitrogens with one attached hydrogen (secondary N) is 1. The molecule has 1 atom stereocenters. The van der Waals surface area contributed by atoms with Crippen LogP contribution in [-0.2, 0) is 6.18 Å².